The van der Waals surface area contributed by atoms with Crippen molar-refractivity contribution in [2.24, 2.45) is 0 Å². The molecule has 0 atom stereocenters. The van der Waals surface area contributed by atoms with E-state index in [1.807, 2.05) is 11.3 Å². The van der Waals surface area contributed by atoms with Gasteiger partial charge in [-0.25, -0.2) is 0 Å². The van der Waals surface area contributed by atoms with Crippen LogP contribution in [-0.4, -0.2) is 0 Å². The third-order valence-electron chi connectivity index (χ3n) is 10.4. The predicted molar refractivity (Wildman–Crippen MR) is 233 cm³/mol. The van der Waals surface area contributed by atoms with Gasteiger partial charge in [0.15, 0.2) is 0 Å². The van der Waals surface area contributed by atoms with Crippen LogP contribution in [0.2, 0.25) is 0 Å². The Kier molecular flexibility index (Phi) is 8.09. The minimum absolute atomic E-state index is 1.12. The van der Waals surface area contributed by atoms with Crippen LogP contribution in [0.25, 0.3) is 75.5 Å². The average molecular weight is 706 g/mol. The maximum Gasteiger partial charge on any atom is 0.0468 e. The Bertz CT molecular complexity index is 2870. The van der Waals surface area contributed by atoms with Crippen LogP contribution < -0.4 is 4.90 Å². The van der Waals surface area contributed by atoms with Crippen LogP contribution in [0.5, 0.6) is 0 Å². The summed E-state index contributed by atoms with van der Waals surface area (Å²) in [5, 5.41) is 5.06. The second-order valence-electron chi connectivity index (χ2n) is 13.8. The lowest BCUT2D eigenvalue weighted by atomic mass is 9.91. The monoisotopic (exact) mass is 705 g/mol. The molecule has 1 nitrogen and oxygen atoms in total. The van der Waals surface area contributed by atoms with Crippen LogP contribution in [0.1, 0.15) is 0 Å². The van der Waals surface area contributed by atoms with Crippen molar-refractivity contribution in [1.29, 1.82) is 0 Å². The lowest BCUT2D eigenvalue weighted by molar-refractivity contribution is 1.29. The third-order valence-corrected chi connectivity index (χ3v) is 11.5. The topological polar surface area (TPSA) is 3.24 Å². The Morgan fingerprint density at radius 2 is 0.870 bits per heavy atom. The van der Waals surface area contributed by atoms with Gasteiger partial charge in [0, 0.05) is 37.2 Å². The van der Waals surface area contributed by atoms with Crippen LogP contribution in [0, 0.1) is 0 Å². The lowest BCUT2D eigenvalue weighted by Gasteiger charge is -2.26. The number of hydrogen-bond donors (Lipinski definition) is 0. The Morgan fingerprint density at radius 1 is 0.296 bits per heavy atom. The zero-order valence-electron chi connectivity index (χ0n) is 29.6. The molecule has 9 aromatic carbocycles. The molecule has 0 aliphatic heterocycles. The van der Waals surface area contributed by atoms with Crippen LogP contribution in [0.3, 0.4) is 0 Å². The van der Waals surface area contributed by atoms with Gasteiger partial charge in [-0.05, 0) is 128 Å². The van der Waals surface area contributed by atoms with E-state index in [2.05, 4.69) is 217 Å². The molecule has 10 aromatic rings. The Balaban J connectivity index is 1.15. The van der Waals surface area contributed by atoms with Crippen molar-refractivity contribution in [2.45, 2.75) is 0 Å². The minimum Gasteiger partial charge on any atom is -0.310 e. The van der Waals surface area contributed by atoms with Crippen molar-refractivity contribution >= 4 is 59.3 Å². The van der Waals surface area contributed by atoms with Crippen LogP contribution in [0.4, 0.5) is 17.1 Å². The summed E-state index contributed by atoms with van der Waals surface area (Å²) < 4.78 is 2.57. The van der Waals surface area contributed by atoms with Gasteiger partial charge in [-0.2, -0.15) is 0 Å². The van der Waals surface area contributed by atoms with E-state index in [-0.39, 0.29) is 0 Å². The van der Waals surface area contributed by atoms with Crippen molar-refractivity contribution in [3.63, 3.8) is 0 Å². The number of hydrogen-bond acceptors (Lipinski definition) is 2. The molecule has 10 rings (SSSR count). The average Bonchev–Trinajstić information content (AvgIpc) is 3.63. The molecule has 0 aliphatic carbocycles. The van der Waals surface area contributed by atoms with E-state index >= 15 is 0 Å². The standard InChI is InChI=1S/C52H35NS/c1-4-14-36(15-5-1)42-31-43(37-16-6-2-7-17-37)33-44(32-42)48-24-13-25-51-52(48)49-35-47(28-29-50(49)54-51)53(45-21-8-3-9-22-45)46-23-12-20-40(34-46)41-27-26-38-18-10-11-19-39(38)30-41/h1-35H. The first-order chi connectivity index (χ1) is 26.7. The molecular weight excluding hydrogens is 671 g/mol. The molecule has 0 aliphatic rings. The molecule has 54 heavy (non-hydrogen) atoms. The van der Waals surface area contributed by atoms with Crippen molar-refractivity contribution < 1.29 is 0 Å². The maximum atomic E-state index is 2.40. The summed E-state index contributed by atoms with van der Waals surface area (Å²) in [5.41, 5.74) is 13.1. The fraction of sp³-hybridized carbons (Fsp3) is 0. The first-order valence-corrected chi connectivity index (χ1v) is 19.2. The van der Waals surface area contributed by atoms with Crippen LogP contribution in [-0.2, 0) is 0 Å². The number of nitrogens with zero attached hydrogens (tertiary/aromatic N) is 1. The molecule has 0 saturated carbocycles. The molecule has 0 unspecified atom stereocenters. The number of anilines is 3. The van der Waals surface area contributed by atoms with Crippen molar-refractivity contribution in [1.82, 2.24) is 0 Å². The summed E-state index contributed by atoms with van der Waals surface area (Å²) in [5.74, 6) is 0. The second kappa shape index (κ2) is 13.7. The minimum atomic E-state index is 1.12. The number of benzene rings is 9. The summed E-state index contributed by atoms with van der Waals surface area (Å²) in [6.07, 6.45) is 0. The van der Waals surface area contributed by atoms with Gasteiger partial charge in [0.25, 0.3) is 0 Å². The predicted octanol–water partition coefficient (Wildman–Crippen LogP) is 15.3. The molecule has 254 valence electrons. The Labute approximate surface area is 319 Å². The summed E-state index contributed by atoms with van der Waals surface area (Å²) in [6, 6.07) is 77.2. The van der Waals surface area contributed by atoms with E-state index < -0.39 is 0 Å². The van der Waals surface area contributed by atoms with Gasteiger partial charge in [0.2, 0.25) is 0 Å². The highest BCUT2D eigenvalue weighted by Gasteiger charge is 2.18. The zero-order valence-corrected chi connectivity index (χ0v) is 30.4. The summed E-state index contributed by atoms with van der Waals surface area (Å²) in [4.78, 5) is 2.39. The van der Waals surface area contributed by atoms with E-state index in [1.165, 1.54) is 75.5 Å². The number of para-hydroxylation sites is 1. The Hall–Kier alpha value is -6.74. The molecule has 0 amide bonds. The maximum absolute atomic E-state index is 2.40. The van der Waals surface area contributed by atoms with E-state index in [1.54, 1.807) is 0 Å². The fourth-order valence-electron chi connectivity index (χ4n) is 7.79. The van der Waals surface area contributed by atoms with Gasteiger partial charge in [-0.15, -0.1) is 11.3 Å². The van der Waals surface area contributed by atoms with E-state index in [4.69, 9.17) is 0 Å². The zero-order chi connectivity index (χ0) is 35.8. The highest BCUT2D eigenvalue weighted by atomic mass is 32.1. The number of rotatable bonds is 7. The van der Waals surface area contributed by atoms with E-state index in [0.717, 1.165) is 17.1 Å². The molecule has 2 heteroatoms. The molecule has 1 aromatic heterocycles. The highest BCUT2D eigenvalue weighted by Crippen LogP contribution is 2.45. The van der Waals surface area contributed by atoms with E-state index in [9.17, 15) is 0 Å². The first kappa shape index (κ1) is 32.0. The quantitative estimate of drug-likeness (QED) is 0.160. The van der Waals surface area contributed by atoms with Crippen LogP contribution in [0.15, 0.2) is 212 Å². The molecule has 0 N–H and O–H groups in total. The van der Waals surface area contributed by atoms with Gasteiger partial charge in [-0.3, -0.25) is 0 Å². The van der Waals surface area contributed by atoms with Gasteiger partial charge < -0.3 is 4.90 Å². The normalized spacial score (nSPS) is 11.3. The number of fused-ring (bicyclic) bond motifs is 4. The van der Waals surface area contributed by atoms with Crippen molar-refractivity contribution in [3.8, 4) is 44.5 Å². The van der Waals surface area contributed by atoms with Crippen molar-refractivity contribution in [2.75, 3.05) is 4.90 Å². The first-order valence-electron chi connectivity index (χ1n) is 18.4. The van der Waals surface area contributed by atoms with Gasteiger partial charge in [0.1, 0.15) is 0 Å². The fourth-order valence-corrected chi connectivity index (χ4v) is 8.90. The molecular formula is C52H35NS. The molecule has 0 bridgehead atoms. The van der Waals surface area contributed by atoms with Gasteiger partial charge in [-0.1, -0.05) is 140 Å². The van der Waals surface area contributed by atoms with Crippen LogP contribution >= 0.6 is 11.3 Å². The lowest BCUT2D eigenvalue weighted by Crippen LogP contribution is -2.09. The molecule has 0 spiro atoms. The van der Waals surface area contributed by atoms with Crippen molar-refractivity contribution in [3.05, 3.63) is 212 Å². The number of thiophene rings is 1. The Morgan fingerprint density at radius 3 is 1.61 bits per heavy atom. The smallest absolute Gasteiger partial charge is 0.0468 e. The van der Waals surface area contributed by atoms with Gasteiger partial charge in [0.05, 0.1) is 0 Å². The third kappa shape index (κ3) is 5.93. The SMILES string of the molecule is c1ccc(-c2cc(-c3ccccc3)cc(-c3cccc4sc5ccc(N(c6ccccc6)c6cccc(-c7ccc8ccccc8c7)c6)cc5c34)c2)cc1. The second-order valence-corrected chi connectivity index (χ2v) is 14.9. The summed E-state index contributed by atoms with van der Waals surface area (Å²) in [6.45, 7) is 0. The summed E-state index contributed by atoms with van der Waals surface area (Å²) >= 11 is 1.87. The molecule has 1 heterocycles. The van der Waals surface area contributed by atoms with E-state index in [0.29, 0.717) is 0 Å². The molecule has 0 saturated heterocycles. The largest absolute Gasteiger partial charge is 0.310 e. The highest BCUT2D eigenvalue weighted by molar-refractivity contribution is 7.26. The molecule has 0 fully saturated rings. The summed E-state index contributed by atoms with van der Waals surface area (Å²) in [7, 11) is 0. The van der Waals surface area contributed by atoms with Gasteiger partial charge >= 0.3 is 0 Å². The molecule has 0 radical (unpaired) electrons.